The van der Waals surface area contributed by atoms with Crippen LogP contribution in [0.1, 0.15) is 34.7 Å². The molecular formula is C33H21BrN4O6S. The van der Waals surface area contributed by atoms with E-state index in [9.17, 15) is 25.0 Å². The minimum atomic E-state index is -0.731. The van der Waals surface area contributed by atoms with Gasteiger partial charge in [-0.15, -0.1) is 0 Å². The van der Waals surface area contributed by atoms with Gasteiger partial charge < -0.3 is 4.74 Å². The van der Waals surface area contributed by atoms with Crippen LogP contribution in [-0.4, -0.2) is 14.4 Å². The van der Waals surface area contributed by atoms with Crippen LogP contribution < -0.4 is 19.6 Å². The second-order valence-electron chi connectivity index (χ2n) is 10.5. The molecule has 7 rings (SSSR count). The molecule has 10 nitrogen and oxygen atoms in total. The zero-order valence-electron chi connectivity index (χ0n) is 23.3. The minimum Gasteiger partial charge on any atom is -0.449 e. The number of rotatable bonds is 6. The number of halogens is 1. The number of allylic oxidation sites excluding steroid dienone is 1. The van der Waals surface area contributed by atoms with Crippen molar-refractivity contribution in [3.8, 4) is 11.5 Å². The molecule has 0 saturated heterocycles. The van der Waals surface area contributed by atoms with Gasteiger partial charge in [-0.2, -0.15) is 0 Å². The Balaban J connectivity index is 1.37. The Bertz CT molecular complexity index is 2260. The summed E-state index contributed by atoms with van der Waals surface area (Å²) in [5.74, 6) is 0.0902. The summed E-state index contributed by atoms with van der Waals surface area (Å²) in [6, 6.07) is 25.9. The SMILES string of the molecule is O=c1/c(=C/c2ccccc2Oc2ccc([N+](=O)[O-])cc2[N+](=O)[O-])sc2n1[C@@H](c1ccc(Br)cc1)C1=C(N=2)c2ccccc2CC1. The molecule has 0 spiro atoms. The van der Waals surface area contributed by atoms with Crippen molar-refractivity contribution in [2.24, 2.45) is 4.99 Å². The number of aromatic nitrogens is 1. The highest BCUT2D eigenvalue weighted by atomic mass is 79.9. The second kappa shape index (κ2) is 11.4. The molecule has 0 N–H and O–H groups in total. The van der Waals surface area contributed by atoms with Crippen molar-refractivity contribution in [2.45, 2.75) is 18.9 Å². The van der Waals surface area contributed by atoms with E-state index in [1.807, 2.05) is 36.4 Å². The van der Waals surface area contributed by atoms with Crippen molar-refractivity contribution in [3.63, 3.8) is 0 Å². The summed E-state index contributed by atoms with van der Waals surface area (Å²) >= 11 is 4.78. The number of non-ortho nitro benzene ring substituents is 1. The predicted octanol–water partition coefficient (Wildman–Crippen LogP) is 6.69. The average molecular weight is 682 g/mol. The number of fused-ring (bicyclic) bond motifs is 3. The summed E-state index contributed by atoms with van der Waals surface area (Å²) in [5, 5.41) is 22.9. The third kappa shape index (κ3) is 5.17. The fourth-order valence-electron chi connectivity index (χ4n) is 5.77. The van der Waals surface area contributed by atoms with Crippen molar-refractivity contribution in [2.75, 3.05) is 0 Å². The molecule has 0 radical (unpaired) electrons. The first kappa shape index (κ1) is 28.6. The van der Waals surface area contributed by atoms with Crippen molar-refractivity contribution in [1.82, 2.24) is 4.57 Å². The first-order valence-electron chi connectivity index (χ1n) is 13.9. The third-order valence-corrected chi connectivity index (χ3v) is 9.35. The molecule has 0 bridgehead atoms. The Morgan fingerprint density at radius 2 is 1.67 bits per heavy atom. The topological polar surface area (TPSA) is 130 Å². The van der Waals surface area contributed by atoms with E-state index in [1.165, 1.54) is 23.0 Å². The summed E-state index contributed by atoms with van der Waals surface area (Å²) in [4.78, 5) is 41.2. The van der Waals surface area contributed by atoms with Crippen LogP contribution in [0.15, 0.2) is 111 Å². The van der Waals surface area contributed by atoms with Crippen LogP contribution in [0.4, 0.5) is 11.4 Å². The molecule has 1 atom stereocenters. The quantitative estimate of drug-likeness (QED) is 0.145. The van der Waals surface area contributed by atoms with Crippen LogP contribution in [0, 0.1) is 20.2 Å². The van der Waals surface area contributed by atoms with Gasteiger partial charge >= 0.3 is 5.69 Å². The maximum absolute atomic E-state index is 14.2. The number of nitrogens with zero attached hydrogens (tertiary/aromatic N) is 4. The second-order valence-corrected chi connectivity index (χ2v) is 12.4. The molecule has 1 aliphatic carbocycles. The zero-order chi connectivity index (χ0) is 31.2. The van der Waals surface area contributed by atoms with Gasteiger partial charge in [-0.1, -0.05) is 81.9 Å². The fourth-order valence-corrected chi connectivity index (χ4v) is 7.02. The lowest BCUT2D eigenvalue weighted by molar-refractivity contribution is -0.394. The molecule has 0 amide bonds. The van der Waals surface area contributed by atoms with Crippen molar-refractivity contribution in [3.05, 3.63) is 163 Å². The van der Waals surface area contributed by atoms with Gasteiger partial charge in [0.25, 0.3) is 11.2 Å². The molecule has 12 heteroatoms. The maximum Gasteiger partial charge on any atom is 0.318 e. The number of hydrogen-bond donors (Lipinski definition) is 0. The van der Waals surface area contributed by atoms with E-state index < -0.39 is 21.2 Å². The molecule has 222 valence electrons. The summed E-state index contributed by atoms with van der Waals surface area (Å²) in [5.41, 5.74) is 4.57. The molecule has 5 aromatic rings. The lowest BCUT2D eigenvalue weighted by Gasteiger charge is -2.30. The summed E-state index contributed by atoms with van der Waals surface area (Å²) < 4.78 is 9.03. The number of ether oxygens (including phenoxy) is 1. The minimum absolute atomic E-state index is 0.158. The number of para-hydroxylation sites is 1. The fraction of sp³-hybridized carbons (Fsp3) is 0.0909. The van der Waals surface area contributed by atoms with E-state index >= 15 is 0 Å². The normalized spacial score (nSPS) is 15.5. The first-order chi connectivity index (χ1) is 21.8. The van der Waals surface area contributed by atoms with E-state index in [2.05, 4.69) is 28.1 Å². The summed E-state index contributed by atoms with van der Waals surface area (Å²) in [7, 11) is 0. The molecule has 45 heavy (non-hydrogen) atoms. The van der Waals surface area contributed by atoms with Gasteiger partial charge in [-0.25, -0.2) is 4.99 Å². The van der Waals surface area contributed by atoms with E-state index in [4.69, 9.17) is 9.73 Å². The molecule has 0 unspecified atom stereocenters. The van der Waals surface area contributed by atoms with E-state index in [0.29, 0.717) is 14.9 Å². The summed E-state index contributed by atoms with van der Waals surface area (Å²) in [6.07, 6.45) is 3.30. The summed E-state index contributed by atoms with van der Waals surface area (Å²) in [6.45, 7) is 0. The highest BCUT2D eigenvalue weighted by Crippen LogP contribution is 2.41. The van der Waals surface area contributed by atoms with Crippen LogP contribution in [-0.2, 0) is 6.42 Å². The molecule has 1 aromatic heterocycles. The lowest BCUT2D eigenvalue weighted by atomic mass is 9.83. The van der Waals surface area contributed by atoms with Crippen molar-refractivity contribution in [1.29, 1.82) is 0 Å². The molecule has 2 heterocycles. The van der Waals surface area contributed by atoms with Gasteiger partial charge in [-0.3, -0.25) is 29.6 Å². The van der Waals surface area contributed by atoms with Crippen molar-refractivity contribution < 1.29 is 14.6 Å². The number of aryl methyl sites for hydroxylation is 1. The Kier molecular flexibility index (Phi) is 7.22. The largest absolute Gasteiger partial charge is 0.449 e. The van der Waals surface area contributed by atoms with Gasteiger partial charge in [-0.05, 0) is 59.9 Å². The monoisotopic (exact) mass is 680 g/mol. The van der Waals surface area contributed by atoms with Crippen LogP contribution in [0.25, 0.3) is 11.8 Å². The number of nitro benzene ring substituents is 2. The lowest BCUT2D eigenvalue weighted by Crippen LogP contribution is -2.38. The highest BCUT2D eigenvalue weighted by Gasteiger charge is 2.32. The van der Waals surface area contributed by atoms with Gasteiger partial charge in [0.05, 0.1) is 32.2 Å². The Hall–Kier alpha value is -5.20. The molecule has 4 aromatic carbocycles. The highest BCUT2D eigenvalue weighted by molar-refractivity contribution is 9.10. The van der Waals surface area contributed by atoms with Gasteiger partial charge in [0.1, 0.15) is 5.75 Å². The Labute approximate surface area is 267 Å². The van der Waals surface area contributed by atoms with Crippen LogP contribution >= 0.6 is 27.3 Å². The third-order valence-electron chi connectivity index (χ3n) is 7.83. The number of thiazole rings is 1. The van der Waals surface area contributed by atoms with Crippen LogP contribution in [0.3, 0.4) is 0 Å². The van der Waals surface area contributed by atoms with Crippen LogP contribution in [0.2, 0.25) is 0 Å². The van der Waals surface area contributed by atoms with Gasteiger partial charge in [0, 0.05) is 21.7 Å². The molecular weight excluding hydrogens is 660 g/mol. The molecule has 2 aliphatic rings. The Morgan fingerprint density at radius 3 is 2.44 bits per heavy atom. The molecule has 1 aliphatic heterocycles. The van der Waals surface area contributed by atoms with Gasteiger partial charge in [0.15, 0.2) is 4.80 Å². The zero-order valence-corrected chi connectivity index (χ0v) is 25.7. The van der Waals surface area contributed by atoms with Crippen LogP contribution in [0.5, 0.6) is 11.5 Å². The van der Waals surface area contributed by atoms with E-state index in [0.717, 1.165) is 51.8 Å². The van der Waals surface area contributed by atoms with Crippen molar-refractivity contribution >= 4 is 50.4 Å². The van der Waals surface area contributed by atoms with E-state index in [-0.39, 0.29) is 23.1 Å². The average Bonchev–Trinajstić information content (AvgIpc) is 3.35. The standard InChI is InChI=1S/C33H21BrN4O6S/c34-22-12-9-20(10-13-22)31-25-15-11-19-5-1-3-7-24(19)30(25)35-33-36(31)32(39)29(45-33)17-21-6-2-4-8-27(21)44-28-16-14-23(37(40)41)18-26(28)38(42)43/h1-10,12-14,16-18,31H,11,15H2/b29-17-/t31-/m0/s1. The maximum atomic E-state index is 14.2. The molecule has 0 fully saturated rings. The number of benzene rings is 4. The Morgan fingerprint density at radius 1 is 0.911 bits per heavy atom. The van der Waals surface area contributed by atoms with Gasteiger partial charge in [0.2, 0.25) is 5.75 Å². The number of hydrogen-bond acceptors (Lipinski definition) is 8. The predicted molar refractivity (Wildman–Crippen MR) is 173 cm³/mol. The number of nitro groups is 2. The first-order valence-corrected chi connectivity index (χ1v) is 15.5. The van der Waals surface area contributed by atoms with E-state index in [1.54, 1.807) is 34.9 Å². The smallest absolute Gasteiger partial charge is 0.318 e. The molecule has 0 saturated carbocycles.